The van der Waals surface area contributed by atoms with Crippen LogP contribution in [-0.4, -0.2) is 41.3 Å². The van der Waals surface area contributed by atoms with Gasteiger partial charge in [-0.2, -0.15) is 0 Å². The number of fused-ring (bicyclic) bond motifs is 5. The van der Waals surface area contributed by atoms with E-state index in [0.29, 0.717) is 12.8 Å². The van der Waals surface area contributed by atoms with Crippen molar-refractivity contribution >= 4 is 12.1 Å². The summed E-state index contributed by atoms with van der Waals surface area (Å²) < 4.78 is 5.70. The molecule has 5 heteroatoms. The first-order valence-corrected chi connectivity index (χ1v) is 9.44. The Balaban J connectivity index is 1.34. The summed E-state index contributed by atoms with van der Waals surface area (Å²) in [5, 5.41) is 9.53. The molecule has 2 bridgehead atoms. The van der Waals surface area contributed by atoms with E-state index in [2.05, 4.69) is 24.3 Å². The van der Waals surface area contributed by atoms with Gasteiger partial charge in [-0.1, -0.05) is 48.5 Å². The molecule has 2 aromatic rings. The predicted molar refractivity (Wildman–Crippen MR) is 99.5 cm³/mol. The Morgan fingerprint density at radius 2 is 1.70 bits per heavy atom. The maximum Gasteiger partial charge on any atom is 0.410 e. The maximum absolute atomic E-state index is 12.7. The number of aliphatic carboxylic acids is 1. The average Bonchev–Trinajstić information content (AvgIpc) is 3.37. The lowest BCUT2D eigenvalue weighted by Crippen LogP contribution is -2.42. The number of amides is 1. The van der Waals surface area contributed by atoms with Crippen LogP contribution in [-0.2, 0) is 9.53 Å². The van der Waals surface area contributed by atoms with Crippen LogP contribution in [0, 0.1) is 5.41 Å². The van der Waals surface area contributed by atoms with Gasteiger partial charge in [0.05, 0.1) is 5.41 Å². The first-order valence-electron chi connectivity index (χ1n) is 9.44. The normalized spacial score (nSPS) is 25.3. The van der Waals surface area contributed by atoms with E-state index in [4.69, 9.17) is 4.74 Å². The topological polar surface area (TPSA) is 66.8 Å². The fourth-order valence-electron chi connectivity index (χ4n) is 5.12. The molecule has 1 heterocycles. The first kappa shape index (κ1) is 16.4. The molecule has 2 aromatic carbocycles. The highest BCUT2D eigenvalue weighted by Gasteiger charge is 2.56. The number of carbonyl (C=O) groups is 2. The Kier molecular flexibility index (Phi) is 3.54. The van der Waals surface area contributed by atoms with Crippen molar-refractivity contribution < 1.29 is 19.4 Å². The Morgan fingerprint density at radius 3 is 2.30 bits per heavy atom. The van der Waals surface area contributed by atoms with E-state index < -0.39 is 11.4 Å². The van der Waals surface area contributed by atoms with Crippen LogP contribution in [0.5, 0.6) is 0 Å². The summed E-state index contributed by atoms with van der Waals surface area (Å²) in [5.41, 5.74) is 3.97. The van der Waals surface area contributed by atoms with Gasteiger partial charge in [-0.25, -0.2) is 4.79 Å². The summed E-state index contributed by atoms with van der Waals surface area (Å²) in [7, 11) is 0. The lowest BCUT2D eigenvalue weighted by atomic mass is 9.88. The van der Waals surface area contributed by atoms with Crippen molar-refractivity contribution in [1.29, 1.82) is 0 Å². The fraction of sp³-hybridized carbons (Fsp3) is 0.364. The lowest BCUT2D eigenvalue weighted by molar-refractivity contribution is -0.148. The quantitative estimate of drug-likeness (QED) is 0.899. The summed E-state index contributed by atoms with van der Waals surface area (Å²) in [6.45, 7) is 0.541. The largest absolute Gasteiger partial charge is 0.481 e. The Hall–Kier alpha value is -2.82. The lowest BCUT2D eigenvalue weighted by Gasteiger charge is -2.29. The molecule has 1 aliphatic heterocycles. The van der Waals surface area contributed by atoms with E-state index in [0.717, 1.165) is 6.42 Å². The molecule has 1 saturated heterocycles. The molecule has 138 valence electrons. The molecule has 0 unspecified atom stereocenters. The van der Waals surface area contributed by atoms with Gasteiger partial charge in [-0.05, 0) is 41.5 Å². The number of carboxylic acids is 1. The molecular weight excluding hydrogens is 342 g/mol. The third kappa shape index (κ3) is 2.37. The van der Waals surface area contributed by atoms with Crippen molar-refractivity contribution in [3.8, 4) is 11.1 Å². The van der Waals surface area contributed by atoms with Gasteiger partial charge in [-0.15, -0.1) is 0 Å². The Labute approximate surface area is 157 Å². The maximum atomic E-state index is 12.7. The van der Waals surface area contributed by atoms with E-state index in [-0.39, 0.29) is 31.2 Å². The predicted octanol–water partition coefficient (Wildman–Crippen LogP) is 3.87. The first-order chi connectivity index (χ1) is 13.1. The van der Waals surface area contributed by atoms with Gasteiger partial charge >= 0.3 is 12.1 Å². The molecule has 1 saturated carbocycles. The Bertz CT molecular complexity index is 894. The molecule has 0 aromatic heterocycles. The minimum Gasteiger partial charge on any atom is -0.481 e. The number of carbonyl (C=O) groups excluding carboxylic acids is 1. The summed E-state index contributed by atoms with van der Waals surface area (Å²) in [6.07, 6.45) is 1.56. The van der Waals surface area contributed by atoms with Gasteiger partial charge in [0.2, 0.25) is 0 Å². The fourth-order valence-corrected chi connectivity index (χ4v) is 5.12. The van der Waals surface area contributed by atoms with E-state index in [1.165, 1.54) is 22.3 Å². The van der Waals surface area contributed by atoms with Crippen LogP contribution in [0.15, 0.2) is 48.5 Å². The highest BCUT2D eigenvalue weighted by molar-refractivity contribution is 5.80. The number of carboxylic acid groups (broad SMARTS) is 1. The van der Waals surface area contributed by atoms with Crippen molar-refractivity contribution in [1.82, 2.24) is 4.90 Å². The van der Waals surface area contributed by atoms with Gasteiger partial charge in [0.15, 0.2) is 0 Å². The van der Waals surface area contributed by atoms with Gasteiger partial charge < -0.3 is 14.7 Å². The monoisotopic (exact) mass is 363 g/mol. The molecular formula is C22H21NO4. The second-order valence-corrected chi connectivity index (χ2v) is 7.91. The molecule has 0 radical (unpaired) electrons. The molecule has 5 nitrogen and oxygen atoms in total. The average molecular weight is 363 g/mol. The van der Waals surface area contributed by atoms with Crippen LogP contribution >= 0.6 is 0 Å². The molecule has 3 aliphatic rings. The summed E-state index contributed by atoms with van der Waals surface area (Å²) in [6, 6.07) is 16.4. The van der Waals surface area contributed by atoms with Gasteiger partial charge in [0.1, 0.15) is 6.61 Å². The summed E-state index contributed by atoms with van der Waals surface area (Å²) in [4.78, 5) is 25.9. The third-order valence-corrected chi connectivity index (χ3v) is 6.52. The number of ether oxygens (including phenoxy) is 1. The van der Waals surface area contributed by atoms with Crippen molar-refractivity contribution in [3.63, 3.8) is 0 Å². The molecule has 2 fully saturated rings. The Morgan fingerprint density at radius 1 is 1.07 bits per heavy atom. The second-order valence-electron chi connectivity index (χ2n) is 7.91. The van der Waals surface area contributed by atoms with Gasteiger partial charge in [-0.3, -0.25) is 4.79 Å². The zero-order chi connectivity index (χ0) is 18.6. The van der Waals surface area contributed by atoms with Crippen molar-refractivity contribution in [2.24, 2.45) is 5.41 Å². The smallest absolute Gasteiger partial charge is 0.410 e. The van der Waals surface area contributed by atoms with Crippen LogP contribution in [0.3, 0.4) is 0 Å². The van der Waals surface area contributed by atoms with E-state index >= 15 is 0 Å². The minimum atomic E-state index is -0.793. The highest BCUT2D eigenvalue weighted by Crippen LogP contribution is 2.48. The molecule has 2 atom stereocenters. The van der Waals surface area contributed by atoms with Crippen LogP contribution in [0.1, 0.15) is 36.3 Å². The van der Waals surface area contributed by atoms with Crippen LogP contribution in [0.25, 0.3) is 11.1 Å². The molecule has 5 rings (SSSR count). The number of rotatable bonds is 3. The summed E-state index contributed by atoms with van der Waals surface area (Å²) in [5.74, 6) is -0.770. The van der Waals surface area contributed by atoms with Gasteiger partial charge in [0.25, 0.3) is 0 Å². The number of piperidine rings is 1. The number of likely N-dealkylation sites (tertiary alicyclic amines) is 1. The SMILES string of the molecule is O=C(OCC1c2ccccc2-c2ccccc21)N1C[C@]2(C(=O)O)CC[C@H]1C2. The molecule has 2 aliphatic carbocycles. The molecule has 0 spiro atoms. The number of benzene rings is 2. The van der Waals surface area contributed by atoms with Crippen molar-refractivity contribution in [3.05, 3.63) is 59.7 Å². The molecule has 27 heavy (non-hydrogen) atoms. The highest BCUT2D eigenvalue weighted by atomic mass is 16.6. The third-order valence-electron chi connectivity index (χ3n) is 6.52. The van der Waals surface area contributed by atoms with E-state index in [9.17, 15) is 14.7 Å². The second kappa shape index (κ2) is 5.84. The van der Waals surface area contributed by atoms with Crippen LogP contribution in [0.2, 0.25) is 0 Å². The van der Waals surface area contributed by atoms with Crippen LogP contribution in [0.4, 0.5) is 4.79 Å². The number of hydrogen-bond acceptors (Lipinski definition) is 3. The number of hydrogen-bond donors (Lipinski definition) is 1. The zero-order valence-corrected chi connectivity index (χ0v) is 14.9. The molecule has 1 N–H and O–H groups in total. The van der Waals surface area contributed by atoms with E-state index in [1.54, 1.807) is 4.90 Å². The van der Waals surface area contributed by atoms with Gasteiger partial charge in [0, 0.05) is 18.5 Å². The van der Waals surface area contributed by atoms with Crippen molar-refractivity contribution in [2.45, 2.75) is 31.2 Å². The minimum absolute atomic E-state index is 0.00301. The summed E-state index contributed by atoms with van der Waals surface area (Å²) >= 11 is 0. The van der Waals surface area contributed by atoms with E-state index in [1.807, 2.05) is 24.3 Å². The number of nitrogens with zero attached hydrogens (tertiary/aromatic N) is 1. The molecule has 1 amide bonds. The van der Waals surface area contributed by atoms with Crippen molar-refractivity contribution in [2.75, 3.05) is 13.2 Å². The zero-order valence-electron chi connectivity index (χ0n) is 14.9. The van der Waals surface area contributed by atoms with Crippen LogP contribution < -0.4 is 0 Å². The standard InChI is InChI=1S/C22H21NO4/c24-20(25)22-10-9-14(11-22)23(13-22)21(26)27-12-19-17-7-3-1-5-15(17)16-6-2-4-8-18(16)19/h1-8,14,19H,9-13H2,(H,24,25)/t14-,22-/m0/s1.